The van der Waals surface area contributed by atoms with Crippen molar-refractivity contribution in [2.24, 2.45) is 5.84 Å². The lowest BCUT2D eigenvalue weighted by Crippen LogP contribution is -2.30. The summed E-state index contributed by atoms with van der Waals surface area (Å²) in [6.45, 7) is 1.95. The summed E-state index contributed by atoms with van der Waals surface area (Å²) in [6.07, 6.45) is 0.624. The van der Waals surface area contributed by atoms with E-state index in [-0.39, 0.29) is 11.9 Å². The van der Waals surface area contributed by atoms with Crippen LogP contribution in [0.25, 0.3) is 0 Å². The zero-order chi connectivity index (χ0) is 14.7. The number of rotatable bonds is 4. The molecule has 0 saturated carbocycles. The van der Waals surface area contributed by atoms with Gasteiger partial charge in [-0.15, -0.1) is 0 Å². The molecule has 2 rings (SSSR count). The van der Waals surface area contributed by atoms with Crippen LogP contribution in [0.15, 0.2) is 40.9 Å². The van der Waals surface area contributed by atoms with E-state index in [1.54, 1.807) is 12.1 Å². The van der Waals surface area contributed by atoms with Crippen molar-refractivity contribution in [3.05, 3.63) is 68.4 Å². The first-order valence-electron chi connectivity index (χ1n) is 6.18. The fourth-order valence-electron chi connectivity index (χ4n) is 2.10. The molecule has 1 atom stereocenters. The maximum absolute atomic E-state index is 13.2. The van der Waals surface area contributed by atoms with E-state index in [0.717, 1.165) is 16.7 Å². The summed E-state index contributed by atoms with van der Waals surface area (Å²) in [7, 11) is 0. The van der Waals surface area contributed by atoms with Crippen molar-refractivity contribution in [3.8, 4) is 0 Å². The van der Waals surface area contributed by atoms with Crippen LogP contribution in [0.3, 0.4) is 0 Å². The van der Waals surface area contributed by atoms with E-state index >= 15 is 0 Å². The first kappa shape index (κ1) is 15.4. The van der Waals surface area contributed by atoms with Gasteiger partial charge in [0.25, 0.3) is 0 Å². The second-order valence-corrected chi connectivity index (χ2v) is 5.88. The highest BCUT2D eigenvalue weighted by Gasteiger charge is 2.15. The number of halogens is 3. The molecule has 0 bridgehead atoms. The lowest BCUT2D eigenvalue weighted by molar-refractivity contribution is 0.550. The Balaban J connectivity index is 2.28. The third-order valence-electron chi connectivity index (χ3n) is 3.22. The van der Waals surface area contributed by atoms with Crippen LogP contribution in [0.1, 0.15) is 22.7 Å². The molecule has 5 heteroatoms. The molecule has 0 aliphatic carbocycles. The van der Waals surface area contributed by atoms with Crippen LogP contribution in [-0.2, 0) is 6.42 Å². The summed E-state index contributed by atoms with van der Waals surface area (Å²) >= 11 is 9.51. The van der Waals surface area contributed by atoms with Gasteiger partial charge in [-0.3, -0.25) is 11.3 Å². The standard InChI is InChI=1S/C15H15BrClFN2/c1-9-3-2-4-11(15(9)17)14(20-19)8-10-5-6-13(18)12(16)7-10/h2-7,14,20H,8,19H2,1H3. The maximum Gasteiger partial charge on any atom is 0.137 e. The lowest BCUT2D eigenvalue weighted by Gasteiger charge is -2.19. The van der Waals surface area contributed by atoms with Gasteiger partial charge in [-0.1, -0.05) is 35.9 Å². The molecular formula is C15H15BrClFN2. The Labute approximate surface area is 131 Å². The van der Waals surface area contributed by atoms with Gasteiger partial charge in [-0.2, -0.15) is 0 Å². The van der Waals surface area contributed by atoms with Gasteiger partial charge in [0.05, 0.1) is 10.5 Å². The second kappa shape index (κ2) is 6.68. The molecule has 2 aromatic carbocycles. The molecule has 0 heterocycles. The zero-order valence-corrected chi connectivity index (χ0v) is 13.3. The zero-order valence-electron chi connectivity index (χ0n) is 11.0. The molecular weight excluding hydrogens is 343 g/mol. The minimum absolute atomic E-state index is 0.125. The Morgan fingerprint density at radius 1 is 1.35 bits per heavy atom. The topological polar surface area (TPSA) is 38.0 Å². The Morgan fingerprint density at radius 2 is 2.10 bits per heavy atom. The average molecular weight is 358 g/mol. The fourth-order valence-corrected chi connectivity index (χ4v) is 2.78. The molecule has 0 fully saturated rings. The van der Waals surface area contributed by atoms with E-state index in [9.17, 15) is 4.39 Å². The number of nitrogens with one attached hydrogen (secondary N) is 1. The van der Waals surface area contributed by atoms with Gasteiger partial charge in [0.15, 0.2) is 0 Å². The summed E-state index contributed by atoms with van der Waals surface area (Å²) in [5, 5.41) is 0.705. The Hall–Kier alpha value is -0.940. The quantitative estimate of drug-likeness (QED) is 0.632. The summed E-state index contributed by atoms with van der Waals surface area (Å²) in [5.74, 6) is 5.37. The number of nitrogens with two attached hydrogens (primary N) is 1. The van der Waals surface area contributed by atoms with Crippen LogP contribution in [-0.4, -0.2) is 0 Å². The van der Waals surface area contributed by atoms with Crippen LogP contribution in [0.4, 0.5) is 4.39 Å². The number of hydrogen-bond donors (Lipinski definition) is 2. The molecule has 2 aromatic rings. The van der Waals surface area contributed by atoms with Gasteiger partial charge in [0.1, 0.15) is 5.82 Å². The predicted octanol–water partition coefficient (Wildman–Crippen LogP) is 4.30. The third-order valence-corrected chi connectivity index (χ3v) is 4.35. The first-order valence-corrected chi connectivity index (χ1v) is 7.35. The number of aryl methyl sites for hydroxylation is 1. The summed E-state index contributed by atoms with van der Waals surface area (Å²) in [4.78, 5) is 0. The van der Waals surface area contributed by atoms with E-state index in [0.29, 0.717) is 15.9 Å². The normalized spacial score (nSPS) is 12.4. The summed E-state index contributed by atoms with van der Waals surface area (Å²) in [5.41, 5.74) is 5.69. The van der Waals surface area contributed by atoms with E-state index in [4.69, 9.17) is 17.4 Å². The van der Waals surface area contributed by atoms with E-state index in [1.165, 1.54) is 6.07 Å². The van der Waals surface area contributed by atoms with Crippen molar-refractivity contribution < 1.29 is 4.39 Å². The molecule has 2 nitrogen and oxygen atoms in total. The van der Waals surface area contributed by atoms with Gasteiger partial charge in [-0.05, 0) is 58.1 Å². The van der Waals surface area contributed by atoms with Crippen molar-refractivity contribution in [2.75, 3.05) is 0 Å². The van der Waals surface area contributed by atoms with Gasteiger partial charge in [0.2, 0.25) is 0 Å². The highest BCUT2D eigenvalue weighted by atomic mass is 79.9. The largest absolute Gasteiger partial charge is 0.271 e. The SMILES string of the molecule is Cc1cccc(C(Cc2ccc(F)c(Br)c2)NN)c1Cl. The number of hydrogen-bond acceptors (Lipinski definition) is 2. The van der Waals surface area contributed by atoms with E-state index in [1.807, 2.05) is 25.1 Å². The minimum Gasteiger partial charge on any atom is -0.271 e. The van der Waals surface area contributed by atoms with Crippen molar-refractivity contribution in [1.29, 1.82) is 0 Å². The molecule has 0 radical (unpaired) electrons. The molecule has 0 saturated heterocycles. The molecule has 20 heavy (non-hydrogen) atoms. The van der Waals surface area contributed by atoms with E-state index in [2.05, 4.69) is 21.4 Å². The van der Waals surface area contributed by atoms with Crippen molar-refractivity contribution >= 4 is 27.5 Å². The molecule has 0 spiro atoms. The fraction of sp³-hybridized carbons (Fsp3) is 0.200. The van der Waals surface area contributed by atoms with Gasteiger partial charge in [0, 0.05) is 5.02 Å². The molecule has 106 valence electrons. The Kier molecular flexibility index (Phi) is 5.16. The minimum atomic E-state index is -0.278. The van der Waals surface area contributed by atoms with Gasteiger partial charge in [-0.25, -0.2) is 4.39 Å². The molecule has 0 aromatic heterocycles. The molecule has 0 amide bonds. The lowest BCUT2D eigenvalue weighted by atomic mass is 9.98. The average Bonchev–Trinajstić information content (AvgIpc) is 2.43. The summed E-state index contributed by atoms with van der Waals surface area (Å²) < 4.78 is 13.7. The molecule has 3 N–H and O–H groups in total. The van der Waals surface area contributed by atoms with Crippen LogP contribution in [0.5, 0.6) is 0 Å². The Morgan fingerprint density at radius 3 is 2.75 bits per heavy atom. The van der Waals surface area contributed by atoms with Crippen molar-refractivity contribution in [2.45, 2.75) is 19.4 Å². The summed E-state index contributed by atoms with van der Waals surface area (Å²) in [6, 6.07) is 10.6. The first-order chi connectivity index (χ1) is 9.52. The third kappa shape index (κ3) is 3.38. The monoisotopic (exact) mass is 356 g/mol. The smallest absolute Gasteiger partial charge is 0.137 e. The molecule has 1 unspecified atom stereocenters. The predicted molar refractivity (Wildman–Crippen MR) is 84.1 cm³/mol. The van der Waals surface area contributed by atoms with Crippen LogP contribution in [0, 0.1) is 12.7 Å². The van der Waals surface area contributed by atoms with Gasteiger partial charge >= 0.3 is 0 Å². The van der Waals surface area contributed by atoms with Gasteiger partial charge < -0.3 is 0 Å². The second-order valence-electron chi connectivity index (χ2n) is 4.65. The highest BCUT2D eigenvalue weighted by Crippen LogP contribution is 2.28. The maximum atomic E-state index is 13.2. The number of hydrazine groups is 1. The molecule has 0 aliphatic rings. The van der Waals surface area contributed by atoms with E-state index < -0.39 is 0 Å². The Bertz CT molecular complexity index is 619. The molecule has 0 aliphatic heterocycles. The van der Waals surface area contributed by atoms with Crippen molar-refractivity contribution in [1.82, 2.24) is 5.43 Å². The highest BCUT2D eigenvalue weighted by molar-refractivity contribution is 9.10. The van der Waals surface area contributed by atoms with Crippen LogP contribution >= 0.6 is 27.5 Å². The van der Waals surface area contributed by atoms with Crippen LogP contribution in [0.2, 0.25) is 5.02 Å². The van der Waals surface area contributed by atoms with Crippen molar-refractivity contribution in [3.63, 3.8) is 0 Å². The number of benzene rings is 2. The van der Waals surface area contributed by atoms with Crippen LogP contribution < -0.4 is 11.3 Å².